The minimum Gasteiger partial charge on any atom is -0.277 e. The first-order valence-corrected chi connectivity index (χ1v) is 19.9. The van der Waals surface area contributed by atoms with Gasteiger partial charge in [0.15, 0.2) is 11.4 Å². The molecule has 3 aliphatic rings. The molecule has 2 atom stereocenters. The number of alkyl halides is 3. The molecule has 0 saturated carbocycles. The van der Waals surface area contributed by atoms with Crippen LogP contribution in [0.2, 0.25) is 0 Å². The maximum atomic E-state index is 15.3. The number of carbonyl (C=O) groups excluding carboxylic acids is 4. The molecule has 0 fully saturated rings. The molecule has 310 valence electrons. The molecule has 2 aliphatic heterocycles. The van der Waals surface area contributed by atoms with E-state index in [4.69, 9.17) is 9.97 Å². The van der Waals surface area contributed by atoms with Gasteiger partial charge < -0.3 is 0 Å². The zero-order chi connectivity index (χ0) is 45.2. The van der Waals surface area contributed by atoms with Gasteiger partial charge in [-0.05, 0) is 121 Å². The number of imide groups is 2. The molecule has 0 bridgehead atoms. The molecule has 0 saturated heterocycles. The Kier molecular flexibility index (Phi) is 8.78. The summed E-state index contributed by atoms with van der Waals surface area (Å²) in [6, 6.07) is 26.3. The fraction of sp³-hybridized carbons (Fsp3) is 0.200. The molecule has 63 heavy (non-hydrogen) atoms. The van der Waals surface area contributed by atoms with Crippen molar-refractivity contribution in [2.45, 2.75) is 58.5 Å². The van der Waals surface area contributed by atoms with E-state index in [0.29, 0.717) is 33.6 Å². The van der Waals surface area contributed by atoms with E-state index in [0.717, 1.165) is 68.8 Å². The zero-order valence-electron chi connectivity index (χ0n) is 35.0. The van der Waals surface area contributed by atoms with Gasteiger partial charge in [-0.2, -0.15) is 23.7 Å². The van der Waals surface area contributed by atoms with Gasteiger partial charge in [-0.15, -0.1) is 0 Å². The molecule has 5 aromatic carbocycles. The van der Waals surface area contributed by atoms with E-state index < -0.39 is 40.6 Å². The largest absolute Gasteiger partial charge is 0.402 e. The number of anilines is 1. The van der Waals surface area contributed by atoms with E-state index >= 15 is 13.2 Å². The third-order valence-electron chi connectivity index (χ3n) is 13.3. The van der Waals surface area contributed by atoms with Crippen molar-refractivity contribution in [3.63, 3.8) is 0 Å². The van der Waals surface area contributed by atoms with Crippen LogP contribution in [0.5, 0.6) is 0 Å². The predicted molar refractivity (Wildman–Crippen MR) is 225 cm³/mol. The average Bonchev–Trinajstić information content (AvgIpc) is 3.77. The zero-order valence-corrected chi connectivity index (χ0v) is 35.0. The number of amides is 4. The highest BCUT2D eigenvalue weighted by molar-refractivity contribution is 6.35. The molecule has 0 radical (unpaired) electrons. The SMILES string of the molecule is Cc1cc(C2(c3cc(C)c(N4C(=O)c5ccc(C(C)(c6ccc7c(c6)C(=O)N(C)C7=O)C(F)(F)F)cc5C4=O)c(C)c3)c3ccccc3-c3nc(C#N)c(C#N)nc32)cc(C)c1C. The van der Waals surface area contributed by atoms with Crippen molar-refractivity contribution in [1.29, 1.82) is 10.5 Å². The summed E-state index contributed by atoms with van der Waals surface area (Å²) < 4.78 is 46.0. The first kappa shape index (κ1) is 40.6. The molecule has 3 heterocycles. The van der Waals surface area contributed by atoms with E-state index in [2.05, 4.69) is 12.1 Å². The molecule has 2 unspecified atom stereocenters. The smallest absolute Gasteiger partial charge is 0.277 e. The second-order valence-electron chi connectivity index (χ2n) is 16.6. The number of fused-ring (bicyclic) bond motifs is 5. The molecule has 1 aromatic heterocycles. The number of hydrogen-bond donors (Lipinski definition) is 0. The lowest BCUT2D eigenvalue weighted by Gasteiger charge is -2.34. The number of halogens is 3. The highest BCUT2D eigenvalue weighted by atomic mass is 19.4. The van der Waals surface area contributed by atoms with Crippen molar-refractivity contribution in [3.8, 4) is 23.4 Å². The second-order valence-corrected chi connectivity index (χ2v) is 16.6. The lowest BCUT2D eigenvalue weighted by atomic mass is 9.68. The summed E-state index contributed by atoms with van der Waals surface area (Å²) in [6.45, 7) is 10.5. The van der Waals surface area contributed by atoms with Crippen molar-refractivity contribution in [2.24, 2.45) is 0 Å². The van der Waals surface area contributed by atoms with Gasteiger partial charge in [-0.25, -0.2) is 14.9 Å². The van der Waals surface area contributed by atoms with Crippen molar-refractivity contribution >= 4 is 29.3 Å². The lowest BCUT2D eigenvalue weighted by molar-refractivity contribution is -0.173. The Bertz CT molecular complexity index is 3190. The Hall–Kier alpha value is -7.77. The topological polar surface area (TPSA) is 148 Å². The number of rotatable bonds is 5. The third-order valence-corrected chi connectivity index (χ3v) is 13.3. The number of carbonyl (C=O) groups is 4. The molecule has 10 nitrogen and oxygen atoms in total. The number of aromatic nitrogens is 2. The Balaban J connectivity index is 1.20. The first-order valence-electron chi connectivity index (χ1n) is 19.9. The van der Waals surface area contributed by atoms with Crippen LogP contribution < -0.4 is 4.90 Å². The van der Waals surface area contributed by atoms with E-state index in [-0.39, 0.29) is 50.5 Å². The molecular weight excluding hydrogens is 806 g/mol. The van der Waals surface area contributed by atoms with Crippen molar-refractivity contribution in [1.82, 2.24) is 14.9 Å². The van der Waals surface area contributed by atoms with Gasteiger partial charge in [0.1, 0.15) is 17.6 Å². The van der Waals surface area contributed by atoms with E-state index in [1.165, 1.54) is 19.2 Å². The van der Waals surface area contributed by atoms with Gasteiger partial charge in [0.25, 0.3) is 23.6 Å². The molecule has 0 spiro atoms. The Morgan fingerprint density at radius 2 is 1.08 bits per heavy atom. The summed E-state index contributed by atoms with van der Waals surface area (Å²) in [7, 11) is 1.25. The van der Waals surface area contributed by atoms with Crippen LogP contribution >= 0.6 is 0 Å². The van der Waals surface area contributed by atoms with Crippen molar-refractivity contribution in [3.05, 3.63) is 180 Å². The minimum atomic E-state index is -4.95. The number of nitrogens with zero attached hydrogens (tertiary/aromatic N) is 6. The Morgan fingerprint density at radius 1 is 0.603 bits per heavy atom. The molecule has 9 rings (SSSR count). The van der Waals surface area contributed by atoms with E-state index in [9.17, 15) is 29.7 Å². The van der Waals surface area contributed by atoms with Crippen LogP contribution in [0, 0.1) is 57.3 Å². The molecule has 0 N–H and O–H groups in total. The van der Waals surface area contributed by atoms with Gasteiger partial charge in [0, 0.05) is 12.6 Å². The summed E-state index contributed by atoms with van der Waals surface area (Å²) in [5.74, 6) is -2.89. The average molecular weight is 841 g/mol. The molecule has 4 amide bonds. The van der Waals surface area contributed by atoms with Crippen LogP contribution in [0.25, 0.3) is 11.3 Å². The molecule has 13 heteroatoms. The minimum absolute atomic E-state index is 0.0118. The summed E-state index contributed by atoms with van der Waals surface area (Å²) >= 11 is 0. The second kappa shape index (κ2) is 13.6. The van der Waals surface area contributed by atoms with Crippen LogP contribution in [0.15, 0.2) is 84.9 Å². The molecule has 1 aliphatic carbocycles. The number of benzene rings is 5. The highest BCUT2D eigenvalue weighted by Crippen LogP contribution is 2.56. The van der Waals surface area contributed by atoms with Gasteiger partial charge >= 0.3 is 6.18 Å². The first-order chi connectivity index (χ1) is 29.8. The van der Waals surface area contributed by atoms with Crippen LogP contribution in [-0.2, 0) is 10.8 Å². The normalized spacial score (nSPS) is 17.3. The molecular formula is C50H35F3N6O4. The maximum Gasteiger partial charge on any atom is 0.402 e. The van der Waals surface area contributed by atoms with Crippen LogP contribution in [0.3, 0.4) is 0 Å². The van der Waals surface area contributed by atoms with Gasteiger partial charge in [0.05, 0.1) is 44.7 Å². The number of hydrogen-bond acceptors (Lipinski definition) is 8. The van der Waals surface area contributed by atoms with Gasteiger partial charge in [-0.3, -0.25) is 24.1 Å². The standard InChI is InChI=1S/C50H35F3N6O4/c1-24-16-31(17-25(2)28(24)5)49(38-11-9-8-10-35(38)41-43(49)57-40(23-55)39(22-54)56-41)32-18-26(3)42(27(4)19-32)59-46(62)34-15-13-30(21-37(34)47(59)63)48(6,50(51,52)53)29-12-14-33-36(20-29)45(61)58(7)44(33)60/h8-21H,1-7H3. The maximum absolute atomic E-state index is 15.3. The van der Waals surface area contributed by atoms with Crippen LogP contribution in [0.4, 0.5) is 18.9 Å². The fourth-order valence-electron chi connectivity index (χ4n) is 9.63. The summed E-state index contributed by atoms with van der Waals surface area (Å²) in [5.41, 5.74) is 2.85. The Morgan fingerprint density at radius 3 is 1.63 bits per heavy atom. The lowest BCUT2D eigenvalue weighted by Crippen LogP contribution is -2.41. The monoisotopic (exact) mass is 840 g/mol. The fourth-order valence-corrected chi connectivity index (χ4v) is 9.63. The van der Waals surface area contributed by atoms with Crippen molar-refractivity contribution < 1.29 is 32.3 Å². The highest BCUT2D eigenvalue weighted by Gasteiger charge is 2.55. The summed E-state index contributed by atoms with van der Waals surface area (Å²) in [6.07, 6.45) is -4.95. The quantitative estimate of drug-likeness (QED) is 0.156. The Labute approximate surface area is 359 Å². The predicted octanol–water partition coefficient (Wildman–Crippen LogP) is 9.02. The number of aryl methyl sites for hydroxylation is 4. The summed E-state index contributed by atoms with van der Waals surface area (Å²) in [4.78, 5) is 65.6. The van der Waals surface area contributed by atoms with E-state index in [1.54, 1.807) is 13.8 Å². The summed E-state index contributed by atoms with van der Waals surface area (Å²) in [5, 5.41) is 20.1. The van der Waals surface area contributed by atoms with Gasteiger partial charge in [-0.1, -0.05) is 60.7 Å². The molecule has 6 aromatic rings. The van der Waals surface area contributed by atoms with Crippen LogP contribution in [-0.4, -0.2) is 51.7 Å². The van der Waals surface area contributed by atoms with Gasteiger partial charge in [0.2, 0.25) is 0 Å². The number of nitriles is 2. The van der Waals surface area contributed by atoms with E-state index in [1.807, 2.05) is 69.3 Å². The third kappa shape index (κ3) is 5.35. The van der Waals surface area contributed by atoms with Crippen molar-refractivity contribution in [2.75, 3.05) is 11.9 Å². The van der Waals surface area contributed by atoms with Crippen LogP contribution in [0.1, 0.15) is 121 Å².